The Balaban J connectivity index is 1.56. The Morgan fingerprint density at radius 3 is 2.21 bits per heavy atom. The minimum absolute atomic E-state index is 0.204. The molecular weight excluding hydrogens is 304 g/mol. The first kappa shape index (κ1) is 19.2. The van der Waals surface area contributed by atoms with Gasteiger partial charge in [-0.1, -0.05) is 12.8 Å². The van der Waals surface area contributed by atoms with E-state index in [9.17, 15) is 9.59 Å². The molecule has 0 unspecified atom stereocenters. The van der Waals surface area contributed by atoms with Gasteiger partial charge in [0.2, 0.25) is 0 Å². The number of unbranched alkanes of at least 4 members (excludes halogenated alkanes) is 1. The van der Waals surface area contributed by atoms with Crippen LogP contribution < -0.4 is 0 Å². The summed E-state index contributed by atoms with van der Waals surface area (Å²) in [5.74, 6) is 0.851. The summed E-state index contributed by atoms with van der Waals surface area (Å²) in [4.78, 5) is 28.3. The normalized spacial score (nSPS) is 20.4. The van der Waals surface area contributed by atoms with Gasteiger partial charge in [-0.25, -0.2) is 4.79 Å². The molecule has 1 aliphatic carbocycles. The van der Waals surface area contributed by atoms with Crippen molar-refractivity contribution < 1.29 is 14.3 Å². The third-order valence-electron chi connectivity index (χ3n) is 4.98. The van der Waals surface area contributed by atoms with Crippen molar-refractivity contribution in [3.8, 4) is 0 Å². The lowest BCUT2D eigenvalue weighted by molar-refractivity contribution is -0.122. The van der Waals surface area contributed by atoms with E-state index in [0.29, 0.717) is 11.7 Å². The second-order valence-electron chi connectivity index (χ2n) is 8.21. The highest BCUT2D eigenvalue weighted by molar-refractivity contribution is 5.81. The van der Waals surface area contributed by atoms with E-state index < -0.39 is 5.60 Å². The molecule has 1 saturated heterocycles. The first-order valence-corrected chi connectivity index (χ1v) is 9.58. The van der Waals surface area contributed by atoms with Crippen LogP contribution in [0.1, 0.15) is 65.7 Å². The maximum absolute atomic E-state index is 12.1. The molecule has 5 nitrogen and oxygen atoms in total. The molecule has 138 valence electrons. The van der Waals surface area contributed by atoms with Gasteiger partial charge in [0.05, 0.1) is 0 Å². The molecule has 0 aromatic heterocycles. The number of Topliss-reactive ketones (excluding diaryl/α,β-unsaturated/α-hetero) is 1. The maximum Gasteiger partial charge on any atom is 0.410 e. The quantitative estimate of drug-likeness (QED) is 0.696. The van der Waals surface area contributed by atoms with Crippen LogP contribution in [-0.4, -0.2) is 60.0 Å². The van der Waals surface area contributed by atoms with E-state index in [0.717, 1.165) is 64.8 Å². The number of amides is 1. The fourth-order valence-corrected chi connectivity index (χ4v) is 3.57. The first-order chi connectivity index (χ1) is 11.3. The van der Waals surface area contributed by atoms with E-state index >= 15 is 0 Å². The molecule has 1 aliphatic heterocycles. The molecule has 0 bridgehead atoms. The second-order valence-corrected chi connectivity index (χ2v) is 8.21. The summed E-state index contributed by atoms with van der Waals surface area (Å²) in [7, 11) is 0. The number of rotatable bonds is 6. The van der Waals surface area contributed by atoms with Gasteiger partial charge in [0.15, 0.2) is 0 Å². The van der Waals surface area contributed by atoms with Crippen molar-refractivity contribution in [1.82, 2.24) is 9.80 Å². The average Bonchev–Trinajstić information content (AvgIpc) is 3.04. The molecule has 1 amide bonds. The Bertz CT molecular complexity index is 417. The molecule has 2 rings (SSSR count). The number of hydrogen-bond donors (Lipinski definition) is 0. The van der Waals surface area contributed by atoms with E-state index in [4.69, 9.17) is 4.74 Å². The van der Waals surface area contributed by atoms with E-state index in [-0.39, 0.29) is 6.09 Å². The van der Waals surface area contributed by atoms with Gasteiger partial charge < -0.3 is 9.64 Å². The summed E-state index contributed by atoms with van der Waals surface area (Å²) in [6, 6.07) is 0. The zero-order chi connectivity index (χ0) is 17.6. The molecule has 0 atom stereocenters. The van der Waals surface area contributed by atoms with Crippen LogP contribution in [-0.2, 0) is 9.53 Å². The highest BCUT2D eigenvalue weighted by Gasteiger charge is 2.26. The summed E-state index contributed by atoms with van der Waals surface area (Å²) in [5.41, 5.74) is -0.430. The predicted molar refractivity (Wildman–Crippen MR) is 95.1 cm³/mol. The van der Waals surface area contributed by atoms with Gasteiger partial charge in [-0.05, 0) is 53.0 Å². The smallest absolute Gasteiger partial charge is 0.410 e. The molecule has 24 heavy (non-hydrogen) atoms. The van der Waals surface area contributed by atoms with Crippen LogP contribution in [0.2, 0.25) is 0 Å². The standard InChI is InChI=1S/C19H34N2O3/c1-19(2,3)24-18(23)21-14-12-20(13-15-21)11-7-6-10-17(22)16-8-4-5-9-16/h16H,4-15H2,1-3H3. The zero-order valence-electron chi connectivity index (χ0n) is 15.7. The van der Waals surface area contributed by atoms with E-state index in [2.05, 4.69) is 4.90 Å². The molecule has 0 aromatic carbocycles. The van der Waals surface area contributed by atoms with Gasteiger partial charge in [0.1, 0.15) is 11.4 Å². The maximum atomic E-state index is 12.1. The number of carbonyl (C=O) groups excluding carboxylic acids is 2. The minimum Gasteiger partial charge on any atom is -0.444 e. The van der Waals surface area contributed by atoms with E-state index in [1.54, 1.807) is 4.90 Å². The van der Waals surface area contributed by atoms with Crippen LogP contribution in [0.5, 0.6) is 0 Å². The van der Waals surface area contributed by atoms with Crippen molar-refractivity contribution >= 4 is 11.9 Å². The molecule has 2 aliphatic rings. The molecule has 0 spiro atoms. The highest BCUT2D eigenvalue weighted by atomic mass is 16.6. The fourth-order valence-electron chi connectivity index (χ4n) is 3.57. The highest BCUT2D eigenvalue weighted by Crippen LogP contribution is 2.26. The topological polar surface area (TPSA) is 49.9 Å². The lowest BCUT2D eigenvalue weighted by Gasteiger charge is -2.35. The number of ketones is 1. The molecular formula is C19H34N2O3. The van der Waals surface area contributed by atoms with Crippen LogP contribution in [0.25, 0.3) is 0 Å². The number of nitrogens with zero attached hydrogens (tertiary/aromatic N) is 2. The van der Waals surface area contributed by atoms with Crippen molar-refractivity contribution in [2.75, 3.05) is 32.7 Å². The fraction of sp³-hybridized carbons (Fsp3) is 0.895. The predicted octanol–water partition coefficient (Wildman–Crippen LogP) is 3.47. The molecule has 2 fully saturated rings. The Morgan fingerprint density at radius 1 is 1.00 bits per heavy atom. The monoisotopic (exact) mass is 338 g/mol. The van der Waals surface area contributed by atoms with Crippen molar-refractivity contribution in [2.45, 2.75) is 71.3 Å². The molecule has 1 heterocycles. The summed E-state index contributed by atoms with van der Waals surface area (Å²) in [5, 5.41) is 0. The van der Waals surface area contributed by atoms with Gasteiger partial charge >= 0.3 is 6.09 Å². The molecule has 0 aromatic rings. The van der Waals surface area contributed by atoms with Gasteiger partial charge in [0, 0.05) is 38.5 Å². The first-order valence-electron chi connectivity index (χ1n) is 9.58. The molecule has 1 saturated carbocycles. The second kappa shape index (κ2) is 8.84. The summed E-state index contributed by atoms with van der Waals surface area (Å²) in [6.07, 6.45) is 7.33. The van der Waals surface area contributed by atoms with Crippen LogP contribution in [0.3, 0.4) is 0 Å². The Labute approximate surface area is 146 Å². The van der Waals surface area contributed by atoms with Gasteiger partial charge in [0.25, 0.3) is 0 Å². The SMILES string of the molecule is CC(C)(C)OC(=O)N1CCN(CCCCC(=O)C2CCCC2)CC1. The van der Waals surface area contributed by atoms with Crippen molar-refractivity contribution in [2.24, 2.45) is 5.92 Å². The number of piperazine rings is 1. The lowest BCUT2D eigenvalue weighted by Crippen LogP contribution is -2.50. The summed E-state index contributed by atoms with van der Waals surface area (Å²) < 4.78 is 5.42. The van der Waals surface area contributed by atoms with Gasteiger partial charge in [-0.2, -0.15) is 0 Å². The van der Waals surface area contributed by atoms with Crippen LogP contribution in [0, 0.1) is 5.92 Å². The zero-order valence-corrected chi connectivity index (χ0v) is 15.7. The van der Waals surface area contributed by atoms with Crippen molar-refractivity contribution in [1.29, 1.82) is 0 Å². The van der Waals surface area contributed by atoms with Gasteiger partial charge in [-0.3, -0.25) is 9.69 Å². The Kier molecular flexibility index (Phi) is 7.08. The molecule has 0 N–H and O–H groups in total. The van der Waals surface area contributed by atoms with Crippen molar-refractivity contribution in [3.63, 3.8) is 0 Å². The molecule has 5 heteroatoms. The van der Waals surface area contributed by atoms with Gasteiger partial charge in [-0.15, -0.1) is 0 Å². The number of hydrogen-bond acceptors (Lipinski definition) is 4. The minimum atomic E-state index is -0.430. The largest absolute Gasteiger partial charge is 0.444 e. The van der Waals surface area contributed by atoms with Crippen LogP contribution >= 0.6 is 0 Å². The van der Waals surface area contributed by atoms with Crippen LogP contribution in [0.4, 0.5) is 4.79 Å². The number of ether oxygens (including phenoxy) is 1. The van der Waals surface area contributed by atoms with E-state index in [1.165, 1.54) is 12.8 Å². The van der Waals surface area contributed by atoms with Crippen molar-refractivity contribution in [3.05, 3.63) is 0 Å². The van der Waals surface area contributed by atoms with E-state index in [1.807, 2.05) is 20.8 Å². The average molecular weight is 338 g/mol. The molecule has 0 radical (unpaired) electrons. The summed E-state index contributed by atoms with van der Waals surface area (Å²) >= 11 is 0. The Hall–Kier alpha value is -1.10. The lowest BCUT2D eigenvalue weighted by atomic mass is 9.98. The Morgan fingerprint density at radius 2 is 1.62 bits per heavy atom. The third kappa shape index (κ3) is 6.42. The number of carbonyl (C=O) groups is 2. The summed E-state index contributed by atoms with van der Waals surface area (Å²) in [6.45, 7) is 9.98. The van der Waals surface area contributed by atoms with Crippen LogP contribution in [0.15, 0.2) is 0 Å². The third-order valence-corrected chi connectivity index (χ3v) is 4.98.